The van der Waals surface area contributed by atoms with E-state index >= 15 is 0 Å². The second-order valence-corrected chi connectivity index (χ2v) is 3.80. The van der Waals surface area contributed by atoms with Crippen LogP contribution in [-0.4, -0.2) is 69.3 Å². The van der Waals surface area contributed by atoms with E-state index in [0.717, 1.165) is 0 Å². The summed E-state index contributed by atoms with van der Waals surface area (Å²) in [7, 11) is 3.11. The van der Waals surface area contributed by atoms with Gasteiger partial charge in [0.25, 0.3) is 0 Å². The van der Waals surface area contributed by atoms with Crippen LogP contribution >= 0.6 is 0 Å². The lowest BCUT2D eigenvalue weighted by molar-refractivity contribution is -0.145. The minimum atomic E-state index is -0.637. The molecule has 0 aromatic carbocycles. The molecule has 1 fully saturated rings. The lowest BCUT2D eigenvalue weighted by Crippen LogP contribution is -2.43. The number of likely N-dealkylation sites (tertiary alicyclic amines) is 1. The molecule has 0 aromatic rings. The summed E-state index contributed by atoms with van der Waals surface area (Å²) in [4.78, 5) is 24.6. The highest BCUT2D eigenvalue weighted by molar-refractivity contribution is 6.35. The number of methoxy groups -OCH3 is 2. The Bertz CT molecular complexity index is 273. The topological polar surface area (TPSA) is 93.9 Å². The van der Waals surface area contributed by atoms with Gasteiger partial charge in [-0.25, -0.2) is 0 Å². The molecule has 0 radical (unpaired) electrons. The van der Waals surface area contributed by atoms with Gasteiger partial charge in [-0.1, -0.05) is 0 Å². The number of rotatable bonds is 4. The number of amides is 2. The molecule has 3 N–H and O–H groups in total. The first kappa shape index (κ1) is 13.9. The molecule has 1 aliphatic heterocycles. The zero-order chi connectivity index (χ0) is 12.8. The van der Waals surface area contributed by atoms with Crippen LogP contribution in [0.4, 0.5) is 0 Å². The summed E-state index contributed by atoms with van der Waals surface area (Å²) < 4.78 is 10.4. The summed E-state index contributed by atoms with van der Waals surface area (Å²) in [5, 5.41) is 2.44. The Hall–Kier alpha value is -1.18. The fraction of sp³-hybridized carbons (Fsp3) is 0.800. The van der Waals surface area contributed by atoms with Gasteiger partial charge in [0.05, 0.1) is 13.1 Å². The molecule has 7 heteroatoms. The van der Waals surface area contributed by atoms with Gasteiger partial charge in [0, 0.05) is 27.3 Å². The van der Waals surface area contributed by atoms with Crippen LogP contribution in [0.15, 0.2) is 0 Å². The number of nitrogens with zero attached hydrogens (tertiary/aromatic N) is 1. The number of ether oxygens (including phenoxy) is 2. The first-order chi connectivity index (χ1) is 8.13. The number of hydrogen-bond donors (Lipinski definition) is 2. The molecule has 0 aliphatic carbocycles. The largest absolute Gasteiger partial charge is 0.377 e. The van der Waals surface area contributed by atoms with Crippen LogP contribution in [0.25, 0.3) is 0 Å². The molecule has 0 bridgehead atoms. The van der Waals surface area contributed by atoms with Crippen LogP contribution in [0, 0.1) is 0 Å². The number of hydrogen-bond acceptors (Lipinski definition) is 5. The molecule has 1 heterocycles. The number of carbonyl (C=O) groups is 2. The summed E-state index contributed by atoms with van der Waals surface area (Å²) in [6, 6.07) is 0. The normalized spacial score (nSPS) is 23.8. The Balaban J connectivity index is 2.51. The van der Waals surface area contributed by atoms with Crippen molar-refractivity contribution in [3.63, 3.8) is 0 Å². The van der Waals surface area contributed by atoms with E-state index in [9.17, 15) is 9.59 Å². The summed E-state index contributed by atoms with van der Waals surface area (Å²) in [6.07, 6.45) is -0.377. The molecule has 0 saturated carbocycles. The molecule has 1 aliphatic rings. The lowest BCUT2D eigenvalue weighted by atomic mass is 10.3. The van der Waals surface area contributed by atoms with Gasteiger partial charge in [-0.05, 0) is 0 Å². The van der Waals surface area contributed by atoms with E-state index in [4.69, 9.17) is 15.2 Å². The van der Waals surface area contributed by atoms with Crippen molar-refractivity contribution in [2.24, 2.45) is 5.73 Å². The summed E-state index contributed by atoms with van der Waals surface area (Å²) in [5.74, 6) is -1.21. The van der Waals surface area contributed by atoms with E-state index < -0.39 is 11.8 Å². The predicted molar refractivity (Wildman–Crippen MR) is 60.2 cm³/mol. The van der Waals surface area contributed by atoms with Gasteiger partial charge >= 0.3 is 11.8 Å². The van der Waals surface area contributed by atoms with Crippen molar-refractivity contribution in [2.75, 3.05) is 40.4 Å². The number of carbonyl (C=O) groups excluding carboxylic acids is 2. The number of nitrogens with two attached hydrogens (primary N) is 1. The van der Waals surface area contributed by atoms with Crippen LogP contribution in [-0.2, 0) is 19.1 Å². The molecule has 2 amide bonds. The minimum absolute atomic E-state index is 0.189. The standard InChI is InChI=1S/C10H19N3O4/c1-16-7-5-13(6-8(7)17-2)10(15)9(14)12-4-3-11/h7-8H,3-6,11H2,1-2H3,(H,12,14). The van der Waals surface area contributed by atoms with E-state index in [0.29, 0.717) is 26.2 Å². The lowest BCUT2D eigenvalue weighted by Gasteiger charge is -2.14. The van der Waals surface area contributed by atoms with E-state index in [-0.39, 0.29) is 12.2 Å². The van der Waals surface area contributed by atoms with Gasteiger partial charge < -0.3 is 25.4 Å². The van der Waals surface area contributed by atoms with E-state index in [1.165, 1.54) is 4.90 Å². The van der Waals surface area contributed by atoms with Crippen molar-refractivity contribution in [2.45, 2.75) is 12.2 Å². The Kier molecular flexibility index (Phi) is 5.33. The highest BCUT2D eigenvalue weighted by Crippen LogP contribution is 2.15. The smallest absolute Gasteiger partial charge is 0.312 e. The SMILES string of the molecule is COC1CN(C(=O)C(=O)NCCN)CC1OC. The zero-order valence-corrected chi connectivity index (χ0v) is 10.1. The van der Waals surface area contributed by atoms with Crippen LogP contribution < -0.4 is 11.1 Å². The molecule has 17 heavy (non-hydrogen) atoms. The molecule has 1 rings (SSSR count). The first-order valence-corrected chi connectivity index (χ1v) is 5.46. The molecular formula is C10H19N3O4. The zero-order valence-electron chi connectivity index (χ0n) is 10.1. The molecular weight excluding hydrogens is 226 g/mol. The fourth-order valence-electron chi connectivity index (χ4n) is 1.77. The molecule has 0 spiro atoms. The minimum Gasteiger partial charge on any atom is -0.377 e. The van der Waals surface area contributed by atoms with Crippen LogP contribution in [0.1, 0.15) is 0 Å². The maximum Gasteiger partial charge on any atom is 0.312 e. The summed E-state index contributed by atoms with van der Waals surface area (Å²) >= 11 is 0. The second kappa shape index (κ2) is 6.53. The van der Waals surface area contributed by atoms with Gasteiger partial charge in [-0.3, -0.25) is 9.59 Å². The molecule has 2 atom stereocenters. The van der Waals surface area contributed by atoms with Gasteiger partial charge in [-0.15, -0.1) is 0 Å². The van der Waals surface area contributed by atoms with Crippen LogP contribution in [0.2, 0.25) is 0 Å². The predicted octanol–water partition coefficient (Wildman–Crippen LogP) is -2.07. The highest BCUT2D eigenvalue weighted by Gasteiger charge is 2.37. The molecule has 98 valence electrons. The van der Waals surface area contributed by atoms with Crippen molar-refractivity contribution in [3.05, 3.63) is 0 Å². The first-order valence-electron chi connectivity index (χ1n) is 5.46. The molecule has 0 aromatic heterocycles. The average molecular weight is 245 g/mol. The maximum atomic E-state index is 11.7. The van der Waals surface area contributed by atoms with Crippen molar-refractivity contribution in [1.82, 2.24) is 10.2 Å². The Morgan fingerprint density at radius 3 is 2.24 bits per heavy atom. The van der Waals surface area contributed by atoms with E-state index in [1.807, 2.05) is 0 Å². The van der Waals surface area contributed by atoms with E-state index in [1.54, 1.807) is 14.2 Å². The van der Waals surface area contributed by atoms with E-state index in [2.05, 4.69) is 5.32 Å². The Morgan fingerprint density at radius 2 is 1.82 bits per heavy atom. The third-order valence-corrected chi connectivity index (χ3v) is 2.73. The quantitative estimate of drug-likeness (QED) is 0.555. The third-order valence-electron chi connectivity index (χ3n) is 2.73. The summed E-state index contributed by atoms with van der Waals surface area (Å²) in [5.41, 5.74) is 5.24. The second-order valence-electron chi connectivity index (χ2n) is 3.80. The van der Waals surface area contributed by atoms with Crippen molar-refractivity contribution < 1.29 is 19.1 Å². The van der Waals surface area contributed by atoms with Gasteiger partial charge in [0.1, 0.15) is 12.2 Å². The average Bonchev–Trinajstić information content (AvgIpc) is 2.77. The van der Waals surface area contributed by atoms with Crippen molar-refractivity contribution in [1.29, 1.82) is 0 Å². The third kappa shape index (κ3) is 3.39. The molecule has 7 nitrogen and oxygen atoms in total. The highest BCUT2D eigenvalue weighted by atomic mass is 16.5. The number of nitrogens with one attached hydrogen (secondary N) is 1. The molecule has 2 unspecified atom stereocenters. The fourth-order valence-corrected chi connectivity index (χ4v) is 1.77. The van der Waals surface area contributed by atoms with Gasteiger partial charge in [0.15, 0.2) is 0 Å². The Morgan fingerprint density at radius 1 is 1.29 bits per heavy atom. The summed E-state index contributed by atoms with van der Waals surface area (Å²) in [6.45, 7) is 1.33. The van der Waals surface area contributed by atoms with Crippen LogP contribution in [0.3, 0.4) is 0 Å². The van der Waals surface area contributed by atoms with Crippen molar-refractivity contribution >= 4 is 11.8 Å². The van der Waals surface area contributed by atoms with Crippen molar-refractivity contribution in [3.8, 4) is 0 Å². The van der Waals surface area contributed by atoms with Gasteiger partial charge in [0.2, 0.25) is 0 Å². The van der Waals surface area contributed by atoms with Crippen LogP contribution in [0.5, 0.6) is 0 Å². The maximum absolute atomic E-state index is 11.7. The molecule has 1 saturated heterocycles. The Labute approximate surface area is 100 Å². The monoisotopic (exact) mass is 245 g/mol. The van der Waals surface area contributed by atoms with Gasteiger partial charge in [-0.2, -0.15) is 0 Å².